The van der Waals surface area contributed by atoms with E-state index in [-0.39, 0.29) is 5.41 Å². The van der Waals surface area contributed by atoms with Gasteiger partial charge in [-0.25, -0.2) is 0 Å². The number of ether oxygens (including phenoxy) is 1. The molecule has 132 valence electrons. The minimum Gasteiger partial charge on any atom is -0.396 e. The zero-order valence-electron chi connectivity index (χ0n) is 14.6. The molecule has 0 radical (unpaired) electrons. The van der Waals surface area contributed by atoms with Crippen molar-refractivity contribution < 1.29 is 9.84 Å². The molecule has 3 heterocycles. The number of hydrogen-bond donors (Lipinski definition) is 1. The fourth-order valence-corrected chi connectivity index (χ4v) is 4.91. The fourth-order valence-electron chi connectivity index (χ4n) is 4.91. The third-order valence-electron chi connectivity index (χ3n) is 6.54. The molecule has 1 aromatic rings. The Kier molecular flexibility index (Phi) is 4.90. The van der Waals surface area contributed by atoms with Crippen LogP contribution in [0.4, 0.5) is 0 Å². The van der Waals surface area contributed by atoms with Crippen molar-refractivity contribution in [1.29, 1.82) is 0 Å². The van der Waals surface area contributed by atoms with Crippen LogP contribution >= 0.6 is 0 Å². The Hall–Kier alpha value is -0.940. The number of fused-ring (bicyclic) bond motifs is 1. The van der Waals surface area contributed by atoms with E-state index >= 15 is 0 Å². The van der Waals surface area contributed by atoms with E-state index in [1.165, 1.54) is 31.5 Å². The minimum atomic E-state index is 0.111. The van der Waals surface area contributed by atoms with Crippen LogP contribution in [0, 0.1) is 11.3 Å². The molecule has 3 saturated heterocycles. The summed E-state index contributed by atoms with van der Waals surface area (Å²) in [6.45, 7) is 7.61. The Morgan fingerprint density at radius 1 is 1.17 bits per heavy atom. The highest BCUT2D eigenvalue weighted by atomic mass is 16.5. The van der Waals surface area contributed by atoms with Crippen molar-refractivity contribution in [2.24, 2.45) is 11.3 Å². The lowest BCUT2D eigenvalue weighted by Crippen LogP contribution is -2.45. The Bertz CT molecular complexity index is 530. The van der Waals surface area contributed by atoms with Crippen molar-refractivity contribution in [3.63, 3.8) is 0 Å². The summed E-state index contributed by atoms with van der Waals surface area (Å²) < 4.78 is 5.68. The summed E-state index contributed by atoms with van der Waals surface area (Å²) in [6, 6.07) is 11.5. The lowest BCUT2D eigenvalue weighted by Gasteiger charge is -2.38. The van der Waals surface area contributed by atoms with Crippen LogP contribution in [0.5, 0.6) is 0 Å². The molecule has 4 nitrogen and oxygen atoms in total. The van der Waals surface area contributed by atoms with Crippen molar-refractivity contribution in [2.75, 3.05) is 46.0 Å². The number of rotatable bonds is 4. The van der Waals surface area contributed by atoms with E-state index in [1.807, 2.05) is 0 Å². The molecule has 0 aromatic heterocycles. The summed E-state index contributed by atoms with van der Waals surface area (Å²) in [6.07, 6.45) is 3.53. The summed E-state index contributed by atoms with van der Waals surface area (Å²) >= 11 is 0. The van der Waals surface area contributed by atoms with Crippen LogP contribution in [0.25, 0.3) is 0 Å². The van der Waals surface area contributed by atoms with Crippen molar-refractivity contribution in [3.8, 4) is 0 Å². The van der Waals surface area contributed by atoms with Gasteiger partial charge in [-0.2, -0.15) is 0 Å². The highest BCUT2D eigenvalue weighted by Crippen LogP contribution is 2.43. The molecule has 1 aromatic carbocycles. The van der Waals surface area contributed by atoms with E-state index < -0.39 is 0 Å². The normalized spacial score (nSPS) is 32.8. The maximum absolute atomic E-state index is 9.98. The van der Waals surface area contributed by atoms with E-state index in [0.29, 0.717) is 18.6 Å². The van der Waals surface area contributed by atoms with Crippen LogP contribution in [-0.2, 0) is 11.3 Å². The Labute approximate surface area is 145 Å². The number of piperidine rings is 1. The molecule has 0 bridgehead atoms. The number of aliphatic hydroxyl groups excluding tert-OH is 1. The second-order valence-corrected chi connectivity index (χ2v) is 7.96. The molecule has 0 aliphatic carbocycles. The number of hydrogen-bond acceptors (Lipinski definition) is 4. The van der Waals surface area contributed by atoms with Gasteiger partial charge in [0.1, 0.15) is 0 Å². The van der Waals surface area contributed by atoms with Gasteiger partial charge in [0, 0.05) is 43.6 Å². The van der Waals surface area contributed by atoms with Crippen LogP contribution in [0.15, 0.2) is 30.3 Å². The molecule has 4 rings (SSSR count). The first-order chi connectivity index (χ1) is 11.8. The molecule has 0 unspecified atom stereocenters. The molecule has 0 saturated carbocycles. The summed E-state index contributed by atoms with van der Waals surface area (Å²) in [5.74, 6) is 0.526. The van der Waals surface area contributed by atoms with E-state index in [0.717, 1.165) is 39.3 Å². The topological polar surface area (TPSA) is 35.9 Å². The molecule has 0 spiro atoms. The first kappa shape index (κ1) is 16.5. The maximum atomic E-state index is 9.98. The summed E-state index contributed by atoms with van der Waals surface area (Å²) in [5, 5.41) is 9.98. The monoisotopic (exact) mass is 330 g/mol. The van der Waals surface area contributed by atoms with Crippen LogP contribution in [0.3, 0.4) is 0 Å². The molecule has 24 heavy (non-hydrogen) atoms. The first-order valence-electron chi connectivity index (χ1n) is 9.48. The summed E-state index contributed by atoms with van der Waals surface area (Å²) in [4.78, 5) is 5.25. The quantitative estimate of drug-likeness (QED) is 0.916. The second kappa shape index (κ2) is 7.12. The van der Waals surface area contributed by atoms with Crippen LogP contribution in [0.2, 0.25) is 0 Å². The van der Waals surface area contributed by atoms with Crippen molar-refractivity contribution in [3.05, 3.63) is 35.9 Å². The van der Waals surface area contributed by atoms with Crippen molar-refractivity contribution >= 4 is 0 Å². The van der Waals surface area contributed by atoms with Crippen molar-refractivity contribution in [2.45, 2.75) is 31.8 Å². The van der Waals surface area contributed by atoms with Crippen LogP contribution < -0.4 is 0 Å². The zero-order chi connectivity index (χ0) is 16.4. The van der Waals surface area contributed by atoms with Gasteiger partial charge in [0.05, 0.1) is 13.2 Å². The predicted molar refractivity (Wildman–Crippen MR) is 94.8 cm³/mol. The third-order valence-corrected chi connectivity index (χ3v) is 6.54. The Morgan fingerprint density at radius 2 is 1.96 bits per heavy atom. The van der Waals surface area contributed by atoms with E-state index in [9.17, 15) is 5.11 Å². The standard InChI is InChI=1S/C20H30N2O2/c23-16-20-8-11-24-14-18(20)13-22(15-20)19-6-9-21(10-7-19)12-17-4-2-1-3-5-17/h1-5,18-19,23H,6-16H2/t18-,20-/m1/s1. The largest absolute Gasteiger partial charge is 0.396 e. The van der Waals surface area contributed by atoms with Gasteiger partial charge in [0.2, 0.25) is 0 Å². The SMILES string of the molecule is OC[C@]12CCOC[C@H]1CN(C1CCN(Cc3ccccc3)CC1)C2. The second-order valence-electron chi connectivity index (χ2n) is 7.96. The van der Waals surface area contributed by atoms with E-state index in [2.05, 4.69) is 40.1 Å². The average Bonchev–Trinajstić information content (AvgIpc) is 3.03. The van der Waals surface area contributed by atoms with E-state index in [1.54, 1.807) is 0 Å². The molecular weight excluding hydrogens is 300 g/mol. The van der Waals surface area contributed by atoms with Gasteiger partial charge in [-0.1, -0.05) is 30.3 Å². The van der Waals surface area contributed by atoms with Gasteiger partial charge < -0.3 is 9.84 Å². The maximum Gasteiger partial charge on any atom is 0.0513 e. The Balaban J connectivity index is 1.32. The Morgan fingerprint density at radius 3 is 2.67 bits per heavy atom. The van der Waals surface area contributed by atoms with Gasteiger partial charge in [-0.3, -0.25) is 9.80 Å². The van der Waals surface area contributed by atoms with Gasteiger partial charge >= 0.3 is 0 Å². The highest BCUT2D eigenvalue weighted by molar-refractivity contribution is 5.14. The van der Waals surface area contributed by atoms with Gasteiger partial charge in [0.25, 0.3) is 0 Å². The number of nitrogens with zero attached hydrogens (tertiary/aromatic N) is 2. The van der Waals surface area contributed by atoms with Gasteiger partial charge in [0.15, 0.2) is 0 Å². The average molecular weight is 330 g/mol. The number of likely N-dealkylation sites (tertiary alicyclic amines) is 2. The predicted octanol–water partition coefficient (Wildman–Crippen LogP) is 1.98. The van der Waals surface area contributed by atoms with Gasteiger partial charge in [-0.15, -0.1) is 0 Å². The van der Waals surface area contributed by atoms with Crippen LogP contribution in [0.1, 0.15) is 24.8 Å². The van der Waals surface area contributed by atoms with E-state index in [4.69, 9.17) is 4.74 Å². The fraction of sp³-hybridized carbons (Fsp3) is 0.700. The third kappa shape index (κ3) is 3.25. The van der Waals surface area contributed by atoms with Crippen molar-refractivity contribution in [1.82, 2.24) is 9.80 Å². The first-order valence-corrected chi connectivity index (χ1v) is 9.48. The molecule has 3 aliphatic heterocycles. The molecule has 0 amide bonds. The molecule has 3 aliphatic rings. The van der Waals surface area contributed by atoms with Crippen LogP contribution in [-0.4, -0.2) is 66.9 Å². The molecule has 4 heteroatoms. The lowest BCUT2D eigenvalue weighted by molar-refractivity contribution is -0.0420. The number of benzene rings is 1. The summed E-state index contributed by atoms with van der Waals surface area (Å²) in [5.41, 5.74) is 1.53. The highest BCUT2D eigenvalue weighted by Gasteiger charge is 2.49. The van der Waals surface area contributed by atoms with Gasteiger partial charge in [-0.05, 0) is 37.9 Å². The minimum absolute atomic E-state index is 0.111. The molecule has 3 fully saturated rings. The molecule has 2 atom stereocenters. The summed E-state index contributed by atoms with van der Waals surface area (Å²) in [7, 11) is 0. The number of aliphatic hydroxyl groups is 1. The molecular formula is C20H30N2O2. The smallest absolute Gasteiger partial charge is 0.0513 e. The lowest BCUT2D eigenvalue weighted by atomic mass is 9.75. The molecule has 1 N–H and O–H groups in total. The zero-order valence-corrected chi connectivity index (χ0v) is 14.6.